The summed E-state index contributed by atoms with van der Waals surface area (Å²) in [5.74, 6) is -0.303. The van der Waals surface area contributed by atoms with E-state index in [1.807, 2.05) is 44.2 Å². The van der Waals surface area contributed by atoms with Gasteiger partial charge in [0.25, 0.3) is 5.91 Å². The van der Waals surface area contributed by atoms with Gasteiger partial charge in [0.2, 0.25) is 0 Å². The van der Waals surface area contributed by atoms with E-state index in [2.05, 4.69) is 0 Å². The zero-order valence-electron chi connectivity index (χ0n) is 11.1. The van der Waals surface area contributed by atoms with Crippen LogP contribution in [0.5, 0.6) is 0 Å². The number of carbonyl (C=O) groups is 2. The first-order chi connectivity index (χ1) is 9.11. The lowest BCUT2D eigenvalue weighted by molar-refractivity contribution is -0.122. The van der Waals surface area contributed by atoms with Gasteiger partial charge in [-0.1, -0.05) is 42.8 Å². The van der Waals surface area contributed by atoms with Gasteiger partial charge >= 0.3 is 6.09 Å². The number of imide groups is 1. The maximum absolute atomic E-state index is 12.0. The lowest BCUT2D eigenvalue weighted by Gasteiger charge is -2.09. The number of benzene rings is 1. The molecule has 2 rings (SSSR count). The average Bonchev–Trinajstić information content (AvgIpc) is 2.81. The Bertz CT molecular complexity index is 507. The molecule has 0 saturated carbocycles. The zero-order chi connectivity index (χ0) is 13.8. The van der Waals surface area contributed by atoms with Crippen LogP contribution in [0.15, 0.2) is 42.0 Å². The molecule has 1 saturated heterocycles. The van der Waals surface area contributed by atoms with E-state index in [1.165, 1.54) is 6.08 Å². The van der Waals surface area contributed by atoms with Gasteiger partial charge < -0.3 is 4.74 Å². The van der Waals surface area contributed by atoms with Crippen molar-refractivity contribution in [2.24, 2.45) is 0 Å². The van der Waals surface area contributed by atoms with Gasteiger partial charge in [0.05, 0.1) is 6.54 Å². The number of hydrogen-bond acceptors (Lipinski definition) is 3. The predicted octanol–water partition coefficient (Wildman–Crippen LogP) is 3.06. The summed E-state index contributed by atoms with van der Waals surface area (Å²) in [7, 11) is 0. The highest BCUT2D eigenvalue weighted by Crippen LogP contribution is 2.26. The maximum Gasteiger partial charge on any atom is 0.417 e. The topological polar surface area (TPSA) is 46.6 Å². The third kappa shape index (κ3) is 3.02. The molecule has 1 aliphatic heterocycles. The van der Waals surface area contributed by atoms with Gasteiger partial charge in [0.15, 0.2) is 0 Å². The molecule has 2 amide bonds. The highest BCUT2D eigenvalue weighted by atomic mass is 16.6. The van der Waals surface area contributed by atoms with Gasteiger partial charge in [-0.2, -0.15) is 0 Å². The van der Waals surface area contributed by atoms with E-state index in [0.29, 0.717) is 0 Å². The minimum Gasteiger partial charge on any atom is -0.439 e. The summed E-state index contributed by atoms with van der Waals surface area (Å²) in [6.45, 7) is 4.11. The van der Waals surface area contributed by atoms with Gasteiger partial charge in [0, 0.05) is 6.08 Å². The Hall–Kier alpha value is -2.10. The highest BCUT2D eigenvalue weighted by molar-refractivity contribution is 5.99. The van der Waals surface area contributed by atoms with Gasteiger partial charge in [-0.3, -0.25) is 4.79 Å². The van der Waals surface area contributed by atoms with E-state index in [0.717, 1.165) is 22.5 Å². The molecule has 0 N–H and O–H groups in total. The maximum atomic E-state index is 12.0. The quantitative estimate of drug-likeness (QED) is 0.784. The SMILES string of the molecule is CC/C(C)=C/C(=O)N1CC(c2ccccc2)OC1=O. The molecule has 0 radical (unpaired) electrons. The monoisotopic (exact) mass is 259 g/mol. The van der Waals surface area contributed by atoms with Crippen LogP contribution >= 0.6 is 0 Å². The number of hydrogen-bond donors (Lipinski definition) is 0. The van der Waals surface area contributed by atoms with Crippen LogP contribution in [0, 0.1) is 0 Å². The summed E-state index contributed by atoms with van der Waals surface area (Å²) in [5.41, 5.74) is 1.85. The Labute approximate surface area is 112 Å². The summed E-state index contributed by atoms with van der Waals surface area (Å²) >= 11 is 0. The van der Waals surface area contributed by atoms with Crippen LogP contribution in [0.25, 0.3) is 0 Å². The number of amides is 2. The molecule has 1 aromatic rings. The fraction of sp³-hybridized carbons (Fsp3) is 0.333. The smallest absolute Gasteiger partial charge is 0.417 e. The van der Waals surface area contributed by atoms with Crippen LogP contribution in [-0.4, -0.2) is 23.4 Å². The molecule has 100 valence electrons. The summed E-state index contributed by atoms with van der Waals surface area (Å²) in [4.78, 5) is 24.8. The number of carbonyl (C=O) groups excluding carboxylic acids is 2. The molecule has 4 heteroatoms. The predicted molar refractivity (Wildman–Crippen MR) is 71.4 cm³/mol. The van der Waals surface area contributed by atoms with E-state index < -0.39 is 6.09 Å². The third-order valence-electron chi connectivity index (χ3n) is 3.18. The number of nitrogens with zero attached hydrogens (tertiary/aromatic N) is 1. The van der Waals surface area contributed by atoms with Gasteiger partial charge in [-0.05, 0) is 18.9 Å². The Balaban J connectivity index is 2.10. The fourth-order valence-electron chi connectivity index (χ4n) is 1.87. The first-order valence-corrected chi connectivity index (χ1v) is 6.36. The molecule has 1 fully saturated rings. The minimum atomic E-state index is -0.570. The molecular weight excluding hydrogens is 242 g/mol. The highest BCUT2D eigenvalue weighted by Gasteiger charge is 2.35. The third-order valence-corrected chi connectivity index (χ3v) is 3.18. The van der Waals surface area contributed by atoms with Crippen LogP contribution in [0.2, 0.25) is 0 Å². The molecular formula is C15H17NO3. The second kappa shape index (κ2) is 5.69. The van der Waals surface area contributed by atoms with Crippen LogP contribution in [0.3, 0.4) is 0 Å². The largest absolute Gasteiger partial charge is 0.439 e. The van der Waals surface area contributed by atoms with Crippen LogP contribution in [-0.2, 0) is 9.53 Å². The zero-order valence-corrected chi connectivity index (χ0v) is 11.1. The summed E-state index contributed by atoms with van der Waals surface area (Å²) in [6.07, 6.45) is 1.35. The Morgan fingerprint density at radius 1 is 1.42 bits per heavy atom. The van der Waals surface area contributed by atoms with Crippen molar-refractivity contribution in [1.29, 1.82) is 0 Å². The van der Waals surface area contributed by atoms with E-state index >= 15 is 0 Å². The van der Waals surface area contributed by atoms with E-state index in [1.54, 1.807) is 0 Å². The molecule has 1 aromatic carbocycles. The van der Waals surface area contributed by atoms with Crippen molar-refractivity contribution in [1.82, 2.24) is 4.90 Å². The number of rotatable bonds is 3. The molecule has 4 nitrogen and oxygen atoms in total. The second-order valence-corrected chi connectivity index (χ2v) is 4.58. The Kier molecular flexibility index (Phi) is 4.00. The molecule has 0 aromatic heterocycles. The first kappa shape index (κ1) is 13.3. The molecule has 0 spiro atoms. The molecule has 0 aliphatic carbocycles. The number of allylic oxidation sites excluding steroid dienone is 1. The second-order valence-electron chi connectivity index (χ2n) is 4.58. The van der Waals surface area contributed by atoms with Crippen molar-refractivity contribution in [3.8, 4) is 0 Å². The summed E-state index contributed by atoms with van der Waals surface area (Å²) in [5, 5.41) is 0. The molecule has 0 bridgehead atoms. The van der Waals surface area contributed by atoms with Crippen molar-refractivity contribution in [3.63, 3.8) is 0 Å². The molecule has 1 aliphatic rings. The standard InChI is InChI=1S/C15H17NO3/c1-3-11(2)9-14(17)16-10-13(19-15(16)18)12-7-5-4-6-8-12/h4-9,13H,3,10H2,1-2H3/b11-9+. The molecule has 1 atom stereocenters. The fourth-order valence-corrected chi connectivity index (χ4v) is 1.87. The van der Waals surface area contributed by atoms with E-state index in [4.69, 9.17) is 4.74 Å². The van der Waals surface area contributed by atoms with Crippen molar-refractivity contribution in [2.45, 2.75) is 26.4 Å². The normalized spacial score (nSPS) is 19.5. The Morgan fingerprint density at radius 3 is 2.74 bits per heavy atom. The Morgan fingerprint density at radius 2 is 2.11 bits per heavy atom. The number of cyclic esters (lactones) is 1. The van der Waals surface area contributed by atoms with Crippen molar-refractivity contribution < 1.29 is 14.3 Å². The summed E-state index contributed by atoms with van der Waals surface area (Å²) < 4.78 is 5.23. The van der Waals surface area contributed by atoms with Gasteiger partial charge in [-0.15, -0.1) is 0 Å². The van der Waals surface area contributed by atoms with E-state index in [9.17, 15) is 9.59 Å². The molecule has 1 heterocycles. The van der Waals surface area contributed by atoms with Crippen molar-refractivity contribution >= 4 is 12.0 Å². The first-order valence-electron chi connectivity index (χ1n) is 6.36. The van der Waals surface area contributed by atoms with Gasteiger partial charge in [-0.25, -0.2) is 9.69 Å². The van der Waals surface area contributed by atoms with Crippen molar-refractivity contribution in [3.05, 3.63) is 47.5 Å². The lowest BCUT2D eigenvalue weighted by Crippen LogP contribution is -2.30. The summed E-state index contributed by atoms with van der Waals surface area (Å²) in [6, 6.07) is 9.44. The van der Waals surface area contributed by atoms with Crippen LogP contribution in [0.1, 0.15) is 31.9 Å². The number of ether oxygens (including phenoxy) is 1. The van der Waals surface area contributed by atoms with Crippen LogP contribution < -0.4 is 0 Å². The van der Waals surface area contributed by atoms with Crippen LogP contribution in [0.4, 0.5) is 4.79 Å². The molecule has 1 unspecified atom stereocenters. The van der Waals surface area contributed by atoms with E-state index in [-0.39, 0.29) is 18.6 Å². The molecule has 19 heavy (non-hydrogen) atoms. The lowest BCUT2D eigenvalue weighted by atomic mass is 10.1. The van der Waals surface area contributed by atoms with Gasteiger partial charge in [0.1, 0.15) is 6.10 Å². The van der Waals surface area contributed by atoms with Crippen molar-refractivity contribution in [2.75, 3.05) is 6.54 Å². The average molecular weight is 259 g/mol. The minimum absolute atomic E-state index is 0.273.